The molecule has 1 atom stereocenters. The fourth-order valence-corrected chi connectivity index (χ4v) is 3.66. The number of fused-ring (bicyclic) bond motifs is 1. The lowest BCUT2D eigenvalue weighted by atomic mass is 9.95. The van der Waals surface area contributed by atoms with Crippen LogP contribution in [0.1, 0.15) is 36.0 Å². The molecule has 4 rings (SSSR count). The number of nitrogens with zero attached hydrogens (tertiary/aromatic N) is 5. The van der Waals surface area contributed by atoms with Crippen LogP contribution < -0.4 is 0 Å². The van der Waals surface area contributed by atoms with E-state index >= 15 is 0 Å². The van der Waals surface area contributed by atoms with E-state index in [1.54, 1.807) is 0 Å². The van der Waals surface area contributed by atoms with Crippen LogP contribution in [-0.2, 0) is 13.6 Å². The van der Waals surface area contributed by atoms with E-state index in [0.29, 0.717) is 5.92 Å². The zero-order chi connectivity index (χ0) is 16.5. The Morgan fingerprint density at radius 3 is 2.88 bits per heavy atom. The molecule has 0 N–H and O–H groups in total. The molecule has 1 saturated heterocycles. The van der Waals surface area contributed by atoms with Crippen LogP contribution in [-0.4, -0.2) is 37.5 Å². The Bertz CT molecular complexity index is 854. The summed E-state index contributed by atoms with van der Waals surface area (Å²) >= 11 is 0. The van der Waals surface area contributed by atoms with Gasteiger partial charge in [-0.2, -0.15) is 0 Å². The van der Waals surface area contributed by atoms with Gasteiger partial charge in [0, 0.05) is 31.9 Å². The highest BCUT2D eigenvalue weighted by molar-refractivity contribution is 5.75. The molecule has 1 aliphatic heterocycles. The molecule has 1 fully saturated rings. The van der Waals surface area contributed by atoms with Gasteiger partial charge in [-0.15, -0.1) is 0 Å². The smallest absolute Gasteiger partial charge is 0.123 e. The topological polar surface area (TPSA) is 46.8 Å². The summed E-state index contributed by atoms with van der Waals surface area (Å²) in [6.07, 6.45) is 6.14. The summed E-state index contributed by atoms with van der Waals surface area (Å²) in [4.78, 5) is 16.3. The number of aryl methyl sites for hydroxylation is 2. The van der Waals surface area contributed by atoms with E-state index < -0.39 is 0 Å². The lowest BCUT2D eigenvalue weighted by Gasteiger charge is -2.32. The molecule has 3 heterocycles. The molecule has 3 aromatic rings. The van der Waals surface area contributed by atoms with Crippen LogP contribution in [0.3, 0.4) is 0 Å². The van der Waals surface area contributed by atoms with Gasteiger partial charge < -0.3 is 4.57 Å². The van der Waals surface area contributed by atoms with Crippen molar-refractivity contribution in [2.45, 2.75) is 32.2 Å². The maximum absolute atomic E-state index is 4.81. The lowest BCUT2D eigenvalue weighted by molar-refractivity contribution is 0.192. The quantitative estimate of drug-likeness (QED) is 0.744. The molecule has 2 aromatic heterocycles. The van der Waals surface area contributed by atoms with Crippen LogP contribution in [0.5, 0.6) is 0 Å². The first-order chi connectivity index (χ1) is 11.7. The first-order valence-electron chi connectivity index (χ1n) is 8.62. The second-order valence-corrected chi connectivity index (χ2v) is 6.74. The van der Waals surface area contributed by atoms with E-state index in [1.165, 1.54) is 18.4 Å². The van der Waals surface area contributed by atoms with E-state index in [4.69, 9.17) is 4.98 Å². The van der Waals surface area contributed by atoms with E-state index in [-0.39, 0.29) is 0 Å². The maximum Gasteiger partial charge on any atom is 0.123 e. The van der Waals surface area contributed by atoms with Crippen molar-refractivity contribution in [3.8, 4) is 0 Å². The van der Waals surface area contributed by atoms with Crippen molar-refractivity contribution in [2.75, 3.05) is 13.1 Å². The van der Waals surface area contributed by atoms with E-state index in [9.17, 15) is 0 Å². The number of benzene rings is 1. The number of para-hydroxylation sites is 2. The minimum Gasteiger partial charge on any atom is -0.330 e. The van der Waals surface area contributed by atoms with Crippen molar-refractivity contribution in [3.63, 3.8) is 0 Å². The van der Waals surface area contributed by atoms with Gasteiger partial charge in [0.1, 0.15) is 5.82 Å². The number of rotatable bonds is 3. The van der Waals surface area contributed by atoms with Gasteiger partial charge in [0.2, 0.25) is 0 Å². The Labute approximate surface area is 142 Å². The molecular formula is C19H23N5. The van der Waals surface area contributed by atoms with Crippen LogP contribution in [0, 0.1) is 6.92 Å². The van der Waals surface area contributed by atoms with Gasteiger partial charge in [0.15, 0.2) is 0 Å². The SMILES string of the molecule is Cc1cncc([C@@H]2CCCN(Cc3nc4ccccc4n3C)C2)n1. The fourth-order valence-electron chi connectivity index (χ4n) is 3.66. The maximum atomic E-state index is 4.81. The first-order valence-corrected chi connectivity index (χ1v) is 8.62. The average Bonchev–Trinajstić information content (AvgIpc) is 2.91. The zero-order valence-corrected chi connectivity index (χ0v) is 14.3. The van der Waals surface area contributed by atoms with Crippen LogP contribution in [0.15, 0.2) is 36.7 Å². The van der Waals surface area contributed by atoms with E-state index in [2.05, 4.69) is 44.7 Å². The van der Waals surface area contributed by atoms with Crippen molar-refractivity contribution in [3.05, 3.63) is 53.9 Å². The summed E-state index contributed by atoms with van der Waals surface area (Å²) in [6.45, 7) is 5.05. The first kappa shape index (κ1) is 15.3. The molecule has 1 aliphatic rings. The van der Waals surface area contributed by atoms with Crippen molar-refractivity contribution < 1.29 is 0 Å². The van der Waals surface area contributed by atoms with Crippen LogP contribution in [0.25, 0.3) is 11.0 Å². The van der Waals surface area contributed by atoms with Gasteiger partial charge in [0.05, 0.1) is 29.0 Å². The van der Waals surface area contributed by atoms with E-state index in [0.717, 1.165) is 42.4 Å². The number of piperidine rings is 1. The third-order valence-electron chi connectivity index (χ3n) is 4.94. The molecule has 1 aromatic carbocycles. The third kappa shape index (κ3) is 2.91. The lowest BCUT2D eigenvalue weighted by Crippen LogP contribution is -2.35. The molecule has 5 nitrogen and oxygen atoms in total. The van der Waals surface area contributed by atoms with Gasteiger partial charge in [-0.3, -0.25) is 14.9 Å². The normalized spacial score (nSPS) is 19.0. The monoisotopic (exact) mass is 321 g/mol. The Balaban J connectivity index is 1.53. The van der Waals surface area contributed by atoms with Gasteiger partial charge in [-0.1, -0.05) is 12.1 Å². The molecule has 0 spiro atoms. The van der Waals surface area contributed by atoms with Crippen molar-refractivity contribution in [1.29, 1.82) is 0 Å². The summed E-state index contributed by atoms with van der Waals surface area (Å²) < 4.78 is 2.21. The molecule has 0 radical (unpaired) electrons. The Morgan fingerprint density at radius 1 is 1.17 bits per heavy atom. The number of aromatic nitrogens is 4. The zero-order valence-electron chi connectivity index (χ0n) is 14.3. The summed E-state index contributed by atoms with van der Waals surface area (Å²) in [6, 6.07) is 8.33. The molecule has 0 unspecified atom stereocenters. The Kier molecular flexibility index (Phi) is 4.02. The Morgan fingerprint density at radius 2 is 2.04 bits per heavy atom. The van der Waals surface area contributed by atoms with Gasteiger partial charge >= 0.3 is 0 Å². The summed E-state index contributed by atoms with van der Waals surface area (Å²) in [7, 11) is 2.11. The number of imidazole rings is 1. The average molecular weight is 321 g/mol. The predicted molar refractivity (Wildman–Crippen MR) is 94.7 cm³/mol. The minimum atomic E-state index is 0.473. The molecule has 0 aliphatic carbocycles. The van der Waals surface area contributed by atoms with Gasteiger partial charge in [-0.25, -0.2) is 4.98 Å². The molecule has 24 heavy (non-hydrogen) atoms. The van der Waals surface area contributed by atoms with Crippen molar-refractivity contribution >= 4 is 11.0 Å². The molecule has 124 valence electrons. The van der Waals surface area contributed by atoms with Crippen LogP contribution in [0.2, 0.25) is 0 Å². The Hall–Kier alpha value is -2.27. The highest BCUT2D eigenvalue weighted by atomic mass is 15.2. The summed E-state index contributed by atoms with van der Waals surface area (Å²) in [5.74, 6) is 1.60. The summed E-state index contributed by atoms with van der Waals surface area (Å²) in [5, 5.41) is 0. The highest BCUT2D eigenvalue weighted by Gasteiger charge is 2.24. The summed E-state index contributed by atoms with van der Waals surface area (Å²) in [5.41, 5.74) is 4.41. The van der Waals surface area contributed by atoms with Crippen LogP contribution >= 0.6 is 0 Å². The second-order valence-electron chi connectivity index (χ2n) is 6.74. The standard InChI is InChI=1S/C19H23N5/c1-14-10-20-11-17(21-14)15-6-5-9-24(12-15)13-19-22-16-7-3-4-8-18(16)23(19)2/h3-4,7-8,10-11,15H,5-6,9,12-13H2,1-2H3/t15-/m1/s1. The van der Waals surface area contributed by atoms with Gasteiger partial charge in [0.25, 0.3) is 0 Å². The highest BCUT2D eigenvalue weighted by Crippen LogP contribution is 2.26. The van der Waals surface area contributed by atoms with Crippen molar-refractivity contribution in [1.82, 2.24) is 24.4 Å². The third-order valence-corrected chi connectivity index (χ3v) is 4.94. The minimum absolute atomic E-state index is 0.473. The van der Waals surface area contributed by atoms with E-state index in [1.807, 2.05) is 25.4 Å². The van der Waals surface area contributed by atoms with Gasteiger partial charge in [-0.05, 0) is 38.4 Å². The molecule has 0 saturated carbocycles. The largest absolute Gasteiger partial charge is 0.330 e. The second kappa shape index (κ2) is 6.32. The molecule has 5 heteroatoms. The number of likely N-dealkylation sites (tertiary alicyclic amines) is 1. The van der Waals surface area contributed by atoms with Crippen LogP contribution in [0.4, 0.5) is 0 Å². The molecule has 0 bridgehead atoms. The molecule has 0 amide bonds. The molecular weight excluding hydrogens is 298 g/mol. The fraction of sp³-hybridized carbons (Fsp3) is 0.421. The predicted octanol–water partition coefficient (Wildman–Crippen LogP) is 3.05. The van der Waals surface area contributed by atoms with Crippen molar-refractivity contribution in [2.24, 2.45) is 7.05 Å². The number of hydrogen-bond acceptors (Lipinski definition) is 4. The number of hydrogen-bond donors (Lipinski definition) is 0.